The standard InChI is InChI=1S/5C7H5Br2S.5FH/c5*1-4-2-5(10)3-6(8)7(4)9;;;;;/h5*2-3H,1H3;5*1H. The van der Waals surface area contributed by atoms with Gasteiger partial charge in [0.05, 0.1) is 0 Å². The average molecular weight is 1500 g/mol. The summed E-state index contributed by atoms with van der Waals surface area (Å²) in [6, 6.07) is 19.4. The van der Waals surface area contributed by atoms with Crippen LogP contribution in [0.15, 0.2) is 130 Å². The van der Waals surface area contributed by atoms with Gasteiger partial charge in [-0.2, -0.15) is 0 Å². The van der Waals surface area contributed by atoms with Gasteiger partial charge in [0.25, 0.3) is 0 Å². The molecule has 305 valence electrons. The molecule has 0 aromatic heterocycles. The largest absolute Gasteiger partial charge is 0.269 e. The highest BCUT2D eigenvalue weighted by Gasteiger charge is 2.04. The van der Waals surface area contributed by atoms with Crippen LogP contribution in [-0.2, 0) is 0 Å². The van der Waals surface area contributed by atoms with Crippen LogP contribution in [0, 0.1) is 34.6 Å². The minimum Gasteiger partial charge on any atom is -0.269 e. The van der Waals surface area contributed by atoms with Gasteiger partial charge in [0, 0.05) is 69.2 Å². The normalized spacial score (nSPS) is 9.00. The maximum absolute atomic E-state index is 5.00. The van der Waals surface area contributed by atoms with Crippen LogP contribution in [-0.4, -0.2) is 0 Å². The molecule has 20 heteroatoms. The molecule has 0 unspecified atom stereocenters. The maximum atomic E-state index is 5.00. The van der Waals surface area contributed by atoms with E-state index in [9.17, 15) is 0 Å². The summed E-state index contributed by atoms with van der Waals surface area (Å²) >= 11 is 59.0. The fourth-order valence-corrected chi connectivity index (χ4v) is 9.65. The van der Waals surface area contributed by atoms with Crippen LogP contribution >= 0.6 is 222 Å². The number of hydrogen-bond donors (Lipinski definition) is 0. The molecule has 0 heterocycles. The minimum atomic E-state index is 0. The number of rotatable bonds is 0. The predicted octanol–water partition coefficient (Wildman–Crippen LogP) is 21.1. The number of benzene rings is 5. The van der Waals surface area contributed by atoms with Gasteiger partial charge in [-0.25, -0.2) is 0 Å². The Kier molecular flexibility index (Phi) is 38.7. The lowest BCUT2D eigenvalue weighted by Gasteiger charge is -2.00. The summed E-state index contributed by atoms with van der Waals surface area (Å²) < 4.78 is 10.5. The second kappa shape index (κ2) is 32.4. The summed E-state index contributed by atoms with van der Waals surface area (Å²) in [7, 11) is 0. The highest BCUT2D eigenvalue weighted by molar-refractivity contribution is 9.14. The Hall–Kier alpha value is 1.65. The van der Waals surface area contributed by atoms with Crippen LogP contribution in [0.5, 0.6) is 0 Å². The van der Waals surface area contributed by atoms with Gasteiger partial charge in [-0.3, -0.25) is 23.5 Å². The highest BCUT2D eigenvalue weighted by atomic mass is 79.9. The van der Waals surface area contributed by atoms with Crippen LogP contribution in [0.2, 0.25) is 0 Å². The van der Waals surface area contributed by atoms with E-state index in [-0.39, 0.29) is 23.5 Å². The molecule has 0 aliphatic heterocycles. The van der Waals surface area contributed by atoms with Crippen molar-refractivity contribution < 1.29 is 23.5 Å². The molecule has 55 heavy (non-hydrogen) atoms. The van der Waals surface area contributed by atoms with Gasteiger partial charge in [0.1, 0.15) is 0 Å². The van der Waals surface area contributed by atoms with E-state index >= 15 is 0 Å². The summed E-state index contributed by atoms with van der Waals surface area (Å²) in [5.41, 5.74) is 5.83. The molecule has 5 aromatic rings. The Labute approximate surface area is 432 Å². The first kappa shape index (κ1) is 65.8. The number of halogens is 15. The molecule has 0 saturated heterocycles. The van der Waals surface area contributed by atoms with Crippen LogP contribution < -0.4 is 0 Å². The second-order valence-corrected chi connectivity index (χ2v) is 20.8. The van der Waals surface area contributed by atoms with Gasteiger partial charge in [0.2, 0.25) is 0 Å². The molecule has 0 aliphatic carbocycles. The van der Waals surface area contributed by atoms with Crippen molar-refractivity contribution in [1.29, 1.82) is 0 Å². The zero-order valence-corrected chi connectivity index (χ0v) is 48.6. The van der Waals surface area contributed by atoms with Gasteiger partial charge < -0.3 is 0 Å². The van der Waals surface area contributed by atoms with Crippen molar-refractivity contribution in [1.82, 2.24) is 0 Å². The first-order valence-electron chi connectivity index (χ1n) is 13.7. The Bertz CT molecular complexity index is 1520. The van der Waals surface area contributed by atoms with Gasteiger partial charge in [-0.1, -0.05) is 63.1 Å². The van der Waals surface area contributed by atoms with E-state index in [1.807, 2.05) is 95.3 Å². The Morgan fingerprint density at radius 1 is 0.255 bits per heavy atom. The fraction of sp³-hybridized carbons (Fsp3) is 0.143. The lowest BCUT2D eigenvalue weighted by molar-refractivity contribution is 1.11. The lowest BCUT2D eigenvalue weighted by Crippen LogP contribution is -1.77. The molecule has 0 bridgehead atoms. The molecule has 5 rings (SSSR count). The van der Waals surface area contributed by atoms with Gasteiger partial charge in [-0.05, 0) is 282 Å². The van der Waals surface area contributed by atoms with Crippen molar-refractivity contribution in [3.05, 3.63) is 133 Å². The lowest BCUT2D eigenvalue weighted by atomic mass is 10.2. The van der Waals surface area contributed by atoms with Crippen molar-refractivity contribution in [2.75, 3.05) is 0 Å². The van der Waals surface area contributed by atoms with E-state index in [1.165, 1.54) is 27.8 Å². The Morgan fingerprint density at radius 2 is 0.364 bits per heavy atom. The van der Waals surface area contributed by atoms with Crippen LogP contribution in [0.4, 0.5) is 23.5 Å². The van der Waals surface area contributed by atoms with Crippen molar-refractivity contribution in [3.8, 4) is 0 Å². The quantitative estimate of drug-likeness (QED) is 0.136. The molecule has 0 aliphatic rings. The average Bonchev–Trinajstić information content (AvgIpc) is 3.00. The van der Waals surface area contributed by atoms with E-state index in [1.54, 1.807) is 0 Å². The van der Waals surface area contributed by atoms with E-state index < -0.39 is 0 Å². The molecule has 0 N–H and O–H groups in total. The Balaban J connectivity index is -0.000000185. The van der Waals surface area contributed by atoms with Gasteiger partial charge >= 0.3 is 0 Å². The molecular weight excluding hydrogens is 1470 g/mol. The Morgan fingerprint density at radius 3 is 0.455 bits per heavy atom. The molecule has 0 spiro atoms. The molecule has 0 fully saturated rings. The van der Waals surface area contributed by atoms with Crippen LogP contribution in [0.1, 0.15) is 27.8 Å². The molecule has 5 radical (unpaired) electrons. The minimum absolute atomic E-state index is 0. The fourth-order valence-electron chi connectivity index (χ4n) is 3.48. The summed E-state index contributed by atoms with van der Waals surface area (Å²) in [6.45, 7) is 10.1. The van der Waals surface area contributed by atoms with Gasteiger partial charge in [0.15, 0.2) is 0 Å². The van der Waals surface area contributed by atoms with Gasteiger partial charge in [-0.15, -0.1) is 0 Å². The topological polar surface area (TPSA) is 0 Å². The predicted molar refractivity (Wildman–Crippen MR) is 275 cm³/mol. The molecule has 5 aromatic carbocycles. The molecule has 0 saturated carbocycles. The zero-order chi connectivity index (χ0) is 38.6. The van der Waals surface area contributed by atoms with Crippen molar-refractivity contribution in [2.45, 2.75) is 59.1 Å². The van der Waals surface area contributed by atoms with E-state index in [2.05, 4.69) is 159 Å². The smallest absolute Gasteiger partial charge is 0.0391 e. The SMILES string of the molecule is Cc1cc([S])cc(Br)c1Br.Cc1cc([S])cc(Br)c1Br.Cc1cc([S])cc(Br)c1Br.Cc1cc([S])cc(Br)c1Br.Cc1cc([S])cc(Br)c1Br.F.F.F.F.F. The summed E-state index contributed by atoms with van der Waals surface area (Å²) in [5, 5.41) is 0. The maximum Gasteiger partial charge on any atom is 0.0391 e. The summed E-state index contributed by atoms with van der Waals surface area (Å²) in [5.74, 6) is 0. The van der Waals surface area contributed by atoms with E-state index in [0.717, 1.165) is 69.2 Å². The van der Waals surface area contributed by atoms with Crippen molar-refractivity contribution >= 4 is 222 Å². The third-order valence-electron chi connectivity index (χ3n) is 5.92. The molecule has 0 nitrogen and oxygen atoms in total. The highest BCUT2D eigenvalue weighted by Crippen LogP contribution is 2.32. The number of aryl methyl sites for hydroxylation is 5. The van der Waals surface area contributed by atoms with Crippen LogP contribution in [0.25, 0.3) is 0 Å². The summed E-state index contributed by atoms with van der Waals surface area (Å²) in [6.07, 6.45) is 0. The number of hydrogen-bond acceptors (Lipinski definition) is 0. The third kappa shape index (κ3) is 24.0. The monoisotopic (exact) mass is 1490 g/mol. The summed E-state index contributed by atoms with van der Waals surface area (Å²) in [4.78, 5) is 4.34. The van der Waals surface area contributed by atoms with E-state index in [4.69, 9.17) is 63.1 Å². The molecular formula is C35H30Br10F5S5. The van der Waals surface area contributed by atoms with Crippen molar-refractivity contribution in [2.24, 2.45) is 0 Å². The first-order valence-corrected chi connectivity index (χ1v) is 23.7. The first-order chi connectivity index (χ1) is 23.0. The van der Waals surface area contributed by atoms with Crippen molar-refractivity contribution in [3.63, 3.8) is 0 Å². The van der Waals surface area contributed by atoms with E-state index in [0.29, 0.717) is 0 Å². The second-order valence-electron chi connectivity index (χ2n) is 10.2. The van der Waals surface area contributed by atoms with Crippen LogP contribution in [0.3, 0.4) is 0 Å². The zero-order valence-electron chi connectivity index (χ0n) is 28.6. The molecule has 0 amide bonds. The molecule has 0 atom stereocenters. The third-order valence-corrected chi connectivity index (χ3v) is 18.1.